The van der Waals surface area contributed by atoms with Gasteiger partial charge in [-0.1, -0.05) is 13.8 Å². The fraction of sp³-hybridized carbons (Fsp3) is 0.818. The molecule has 17 heavy (non-hydrogen) atoms. The second-order valence-electron chi connectivity index (χ2n) is 4.43. The summed E-state index contributed by atoms with van der Waals surface area (Å²) in [6, 6.07) is 0. The molecule has 0 unspecified atom stereocenters. The van der Waals surface area contributed by atoms with Crippen LogP contribution in [0, 0.1) is 0 Å². The first-order valence-electron chi connectivity index (χ1n) is 5.90. The van der Waals surface area contributed by atoms with Crippen molar-refractivity contribution >= 4 is 5.78 Å². The lowest BCUT2D eigenvalue weighted by molar-refractivity contribution is -0.129. The number of carbonyl (C=O) groups is 1. The Morgan fingerprint density at radius 2 is 1.94 bits per heavy atom. The Morgan fingerprint density at radius 1 is 1.35 bits per heavy atom. The highest BCUT2D eigenvalue weighted by molar-refractivity contribution is 5.89. The molecule has 6 heteroatoms. The van der Waals surface area contributed by atoms with Crippen LogP contribution in [0.25, 0.3) is 0 Å². The van der Waals surface area contributed by atoms with Crippen LogP contribution in [0.4, 0.5) is 0 Å². The van der Waals surface area contributed by atoms with Gasteiger partial charge in [-0.05, 0) is 32.2 Å². The molecule has 1 aromatic rings. The average Bonchev–Trinajstić information content (AvgIpc) is 2.66. The maximum Gasteiger partial charge on any atom is 0.182 e. The number of hydrogen-bond acceptors (Lipinski definition) is 5. The molecule has 1 aromatic heterocycles. The molecule has 1 heterocycles. The summed E-state index contributed by atoms with van der Waals surface area (Å²) in [6.07, 6.45) is 1.82. The minimum absolute atomic E-state index is 0.153. The van der Waals surface area contributed by atoms with Gasteiger partial charge in [-0.15, -0.1) is 10.2 Å². The van der Waals surface area contributed by atoms with E-state index in [1.807, 2.05) is 32.8 Å². The highest BCUT2D eigenvalue weighted by atomic mass is 16.1. The van der Waals surface area contributed by atoms with Crippen molar-refractivity contribution < 1.29 is 4.79 Å². The Hall–Kier alpha value is -1.30. The second-order valence-corrected chi connectivity index (χ2v) is 4.43. The van der Waals surface area contributed by atoms with E-state index in [4.69, 9.17) is 0 Å². The van der Waals surface area contributed by atoms with Gasteiger partial charge >= 0.3 is 0 Å². The van der Waals surface area contributed by atoms with E-state index in [2.05, 4.69) is 15.4 Å². The first-order chi connectivity index (χ1) is 7.96. The zero-order chi connectivity index (χ0) is 13.1. The topological polar surface area (TPSA) is 63.9 Å². The molecule has 0 N–H and O–H groups in total. The van der Waals surface area contributed by atoms with Crippen LogP contribution in [0.2, 0.25) is 0 Å². The lowest BCUT2D eigenvalue weighted by atomic mass is 9.85. The number of likely N-dealkylation sites (N-methyl/N-ethyl adjacent to an activating group) is 1. The Labute approximate surface area is 102 Å². The van der Waals surface area contributed by atoms with Crippen molar-refractivity contribution in [2.75, 3.05) is 14.1 Å². The summed E-state index contributed by atoms with van der Waals surface area (Å²) in [7, 11) is 5.57. The monoisotopic (exact) mass is 239 g/mol. The van der Waals surface area contributed by atoms with E-state index < -0.39 is 5.54 Å². The number of ketones is 1. The number of tetrazole rings is 1. The van der Waals surface area contributed by atoms with Crippen LogP contribution in [0.1, 0.15) is 32.5 Å². The smallest absolute Gasteiger partial charge is 0.182 e. The van der Waals surface area contributed by atoms with Gasteiger partial charge in [-0.3, -0.25) is 9.69 Å². The number of Topliss-reactive ketones (excluding diaryl/α,β-unsaturated/α-hetero) is 1. The van der Waals surface area contributed by atoms with E-state index in [1.165, 1.54) is 4.80 Å². The van der Waals surface area contributed by atoms with Crippen LogP contribution < -0.4 is 0 Å². The summed E-state index contributed by atoms with van der Waals surface area (Å²) in [5, 5.41) is 11.6. The Balaban J connectivity index is 2.86. The summed E-state index contributed by atoms with van der Waals surface area (Å²) in [6.45, 7) is 4.07. The molecule has 0 bridgehead atoms. The molecular weight excluding hydrogens is 218 g/mol. The van der Waals surface area contributed by atoms with Crippen LogP contribution in [0.3, 0.4) is 0 Å². The van der Waals surface area contributed by atoms with Gasteiger partial charge in [0, 0.05) is 0 Å². The van der Waals surface area contributed by atoms with Crippen molar-refractivity contribution in [2.45, 2.75) is 38.6 Å². The van der Waals surface area contributed by atoms with E-state index in [1.54, 1.807) is 7.05 Å². The summed E-state index contributed by atoms with van der Waals surface area (Å²) in [5.74, 6) is 0.645. The zero-order valence-electron chi connectivity index (χ0n) is 11.3. The van der Waals surface area contributed by atoms with Crippen LogP contribution in [0.5, 0.6) is 0 Å². The van der Waals surface area contributed by atoms with E-state index in [-0.39, 0.29) is 12.2 Å². The lowest BCUT2D eigenvalue weighted by Crippen LogP contribution is -2.51. The van der Waals surface area contributed by atoms with E-state index in [9.17, 15) is 4.79 Å². The molecule has 0 radical (unpaired) electrons. The van der Waals surface area contributed by atoms with Crippen LogP contribution in [-0.2, 0) is 18.3 Å². The van der Waals surface area contributed by atoms with Crippen molar-refractivity contribution in [3.05, 3.63) is 5.82 Å². The second kappa shape index (κ2) is 5.35. The number of aryl methyl sites for hydroxylation is 1. The molecule has 96 valence electrons. The molecule has 1 rings (SSSR count). The Bertz CT molecular complexity index is 381. The number of aromatic nitrogens is 4. The minimum Gasteiger partial charge on any atom is -0.297 e. The van der Waals surface area contributed by atoms with Gasteiger partial charge in [0.15, 0.2) is 11.6 Å². The van der Waals surface area contributed by atoms with Crippen molar-refractivity contribution in [1.29, 1.82) is 0 Å². The summed E-state index contributed by atoms with van der Waals surface area (Å²) < 4.78 is 0. The SMILES string of the molecule is CCC(CC)(C(=O)Cc1nnn(C)n1)N(C)C. The van der Waals surface area contributed by atoms with Gasteiger partial charge in [0.05, 0.1) is 19.0 Å². The number of nitrogens with zero attached hydrogens (tertiary/aromatic N) is 5. The average molecular weight is 239 g/mol. The van der Waals surface area contributed by atoms with Gasteiger partial charge in [0.2, 0.25) is 0 Å². The predicted molar refractivity (Wildman–Crippen MR) is 64.5 cm³/mol. The Morgan fingerprint density at radius 3 is 2.29 bits per heavy atom. The molecule has 0 spiro atoms. The van der Waals surface area contributed by atoms with E-state index in [0.29, 0.717) is 5.82 Å². The summed E-state index contributed by atoms with van der Waals surface area (Å²) >= 11 is 0. The third-order valence-corrected chi connectivity index (χ3v) is 3.41. The third kappa shape index (κ3) is 2.69. The molecule has 0 aliphatic carbocycles. The fourth-order valence-corrected chi connectivity index (χ4v) is 2.23. The highest BCUT2D eigenvalue weighted by Gasteiger charge is 2.37. The molecule has 0 aromatic carbocycles. The quantitative estimate of drug-likeness (QED) is 0.721. The van der Waals surface area contributed by atoms with Crippen molar-refractivity contribution in [3.63, 3.8) is 0 Å². The normalized spacial score (nSPS) is 12.1. The minimum atomic E-state index is -0.417. The first kappa shape index (κ1) is 13.8. The third-order valence-electron chi connectivity index (χ3n) is 3.41. The molecule has 0 saturated heterocycles. The van der Waals surface area contributed by atoms with Gasteiger partial charge in [-0.25, -0.2) is 0 Å². The molecule has 0 saturated carbocycles. The molecular formula is C11H21N5O. The van der Waals surface area contributed by atoms with Crippen molar-refractivity contribution in [2.24, 2.45) is 7.05 Å². The number of rotatable bonds is 6. The van der Waals surface area contributed by atoms with E-state index in [0.717, 1.165) is 12.8 Å². The van der Waals surface area contributed by atoms with Gasteiger partial charge in [-0.2, -0.15) is 4.80 Å². The van der Waals surface area contributed by atoms with Crippen LogP contribution in [-0.4, -0.2) is 50.5 Å². The van der Waals surface area contributed by atoms with Crippen LogP contribution in [0.15, 0.2) is 0 Å². The highest BCUT2D eigenvalue weighted by Crippen LogP contribution is 2.23. The summed E-state index contributed by atoms with van der Waals surface area (Å²) in [5.41, 5.74) is -0.417. The molecule has 0 fully saturated rings. The largest absolute Gasteiger partial charge is 0.297 e. The first-order valence-corrected chi connectivity index (χ1v) is 5.90. The number of carbonyl (C=O) groups excluding carboxylic acids is 1. The molecule has 0 aliphatic heterocycles. The molecule has 6 nitrogen and oxygen atoms in total. The molecule has 0 atom stereocenters. The maximum absolute atomic E-state index is 12.4. The van der Waals surface area contributed by atoms with Gasteiger partial charge in [0.25, 0.3) is 0 Å². The maximum atomic E-state index is 12.4. The Kier molecular flexibility index (Phi) is 4.34. The van der Waals surface area contributed by atoms with E-state index >= 15 is 0 Å². The fourth-order valence-electron chi connectivity index (χ4n) is 2.23. The van der Waals surface area contributed by atoms with Gasteiger partial charge < -0.3 is 0 Å². The summed E-state index contributed by atoms with van der Waals surface area (Å²) in [4.78, 5) is 15.8. The predicted octanol–water partition coefficient (Wildman–Crippen LogP) is 0.442. The zero-order valence-corrected chi connectivity index (χ0v) is 11.3. The van der Waals surface area contributed by atoms with Crippen molar-refractivity contribution in [1.82, 2.24) is 25.1 Å². The number of hydrogen-bond donors (Lipinski definition) is 0. The lowest BCUT2D eigenvalue weighted by Gasteiger charge is -2.36. The molecule has 0 aliphatic rings. The molecule has 0 amide bonds. The van der Waals surface area contributed by atoms with Gasteiger partial charge in [0.1, 0.15) is 0 Å². The van der Waals surface area contributed by atoms with Crippen LogP contribution >= 0.6 is 0 Å². The standard InChI is InChI=1S/C11H21N5O/c1-6-11(7-2,15(3)4)9(17)8-10-12-14-16(5)13-10/h6-8H2,1-5H3. The van der Waals surface area contributed by atoms with Crippen molar-refractivity contribution in [3.8, 4) is 0 Å².